The first-order valence-corrected chi connectivity index (χ1v) is 5.33. The maximum Gasteiger partial charge on any atom is 0.176 e. The maximum atomic E-state index is 8.93. The van der Waals surface area contributed by atoms with Crippen molar-refractivity contribution in [2.24, 2.45) is 0 Å². The second-order valence-corrected chi connectivity index (χ2v) is 4.46. The number of imidazole rings is 1. The summed E-state index contributed by atoms with van der Waals surface area (Å²) >= 11 is 1.57. The SMILES string of the molecule is Cc1ncc(Cn2cnc(C#N)c2C#N)s1. The van der Waals surface area contributed by atoms with Crippen molar-refractivity contribution in [1.29, 1.82) is 10.5 Å². The highest BCUT2D eigenvalue weighted by molar-refractivity contribution is 7.11. The third kappa shape index (κ3) is 1.79. The van der Waals surface area contributed by atoms with Gasteiger partial charge in [-0.2, -0.15) is 10.5 Å². The zero-order chi connectivity index (χ0) is 11.5. The van der Waals surface area contributed by atoms with Gasteiger partial charge in [0.2, 0.25) is 0 Å². The lowest BCUT2D eigenvalue weighted by Gasteiger charge is -1.99. The van der Waals surface area contributed by atoms with Crippen molar-refractivity contribution in [3.63, 3.8) is 0 Å². The molecule has 0 radical (unpaired) electrons. The van der Waals surface area contributed by atoms with Crippen LogP contribution in [-0.4, -0.2) is 14.5 Å². The van der Waals surface area contributed by atoms with Gasteiger partial charge < -0.3 is 4.57 Å². The maximum absolute atomic E-state index is 8.93. The molecule has 0 spiro atoms. The molecule has 0 saturated carbocycles. The smallest absolute Gasteiger partial charge is 0.176 e. The zero-order valence-corrected chi connectivity index (χ0v) is 9.32. The van der Waals surface area contributed by atoms with Crippen molar-refractivity contribution in [1.82, 2.24) is 14.5 Å². The van der Waals surface area contributed by atoms with Gasteiger partial charge in [0.05, 0.1) is 17.9 Å². The Morgan fingerprint density at radius 1 is 1.38 bits per heavy atom. The number of hydrogen-bond donors (Lipinski definition) is 0. The van der Waals surface area contributed by atoms with E-state index in [1.807, 2.05) is 19.1 Å². The van der Waals surface area contributed by atoms with Gasteiger partial charge >= 0.3 is 0 Å². The molecule has 5 nitrogen and oxygen atoms in total. The third-order valence-corrected chi connectivity index (χ3v) is 2.94. The molecule has 2 aromatic heterocycles. The minimum atomic E-state index is 0.170. The summed E-state index contributed by atoms with van der Waals surface area (Å²) in [6.45, 7) is 2.46. The number of aryl methyl sites for hydroxylation is 1. The third-order valence-electron chi connectivity index (χ3n) is 2.04. The van der Waals surface area contributed by atoms with E-state index in [-0.39, 0.29) is 5.69 Å². The van der Waals surface area contributed by atoms with E-state index in [2.05, 4.69) is 9.97 Å². The van der Waals surface area contributed by atoms with Crippen LogP contribution in [0.3, 0.4) is 0 Å². The second-order valence-electron chi connectivity index (χ2n) is 3.14. The van der Waals surface area contributed by atoms with Crippen LogP contribution in [0.5, 0.6) is 0 Å². The van der Waals surface area contributed by atoms with Gasteiger partial charge in [0.1, 0.15) is 12.1 Å². The molecule has 0 unspecified atom stereocenters. The fourth-order valence-corrected chi connectivity index (χ4v) is 2.14. The van der Waals surface area contributed by atoms with E-state index in [1.165, 1.54) is 6.33 Å². The summed E-state index contributed by atoms with van der Waals surface area (Å²) in [5.41, 5.74) is 0.470. The Kier molecular flexibility index (Phi) is 2.67. The molecule has 16 heavy (non-hydrogen) atoms. The summed E-state index contributed by atoms with van der Waals surface area (Å²) in [7, 11) is 0. The molecule has 0 aromatic carbocycles. The van der Waals surface area contributed by atoms with Gasteiger partial charge in [-0.25, -0.2) is 9.97 Å². The predicted molar refractivity (Wildman–Crippen MR) is 57.6 cm³/mol. The van der Waals surface area contributed by atoms with Gasteiger partial charge in [-0.05, 0) is 6.92 Å². The van der Waals surface area contributed by atoms with Crippen LogP contribution in [0.2, 0.25) is 0 Å². The molecule has 0 aliphatic carbocycles. The zero-order valence-electron chi connectivity index (χ0n) is 8.51. The van der Waals surface area contributed by atoms with Crippen LogP contribution in [0.4, 0.5) is 0 Å². The van der Waals surface area contributed by atoms with Crippen LogP contribution in [0, 0.1) is 29.6 Å². The van der Waals surface area contributed by atoms with E-state index >= 15 is 0 Å². The number of hydrogen-bond acceptors (Lipinski definition) is 5. The molecule has 0 fully saturated rings. The molecule has 0 atom stereocenters. The number of thiazole rings is 1. The Morgan fingerprint density at radius 3 is 2.75 bits per heavy atom. The summed E-state index contributed by atoms with van der Waals surface area (Å²) in [6.07, 6.45) is 3.28. The first kappa shape index (κ1) is 10.3. The molecule has 0 amide bonds. The molecule has 0 saturated heterocycles. The van der Waals surface area contributed by atoms with Gasteiger partial charge in [-0.1, -0.05) is 0 Å². The van der Waals surface area contributed by atoms with Crippen LogP contribution in [-0.2, 0) is 6.54 Å². The van der Waals surface area contributed by atoms with Crippen LogP contribution >= 0.6 is 11.3 Å². The Hall–Kier alpha value is -2.18. The molecule has 2 heterocycles. The van der Waals surface area contributed by atoms with Crippen molar-refractivity contribution in [2.75, 3.05) is 0 Å². The van der Waals surface area contributed by atoms with Crippen molar-refractivity contribution < 1.29 is 0 Å². The number of nitriles is 2. The fourth-order valence-electron chi connectivity index (χ4n) is 1.35. The summed E-state index contributed by atoms with van der Waals surface area (Å²) in [5.74, 6) is 0. The highest BCUT2D eigenvalue weighted by Gasteiger charge is 2.10. The quantitative estimate of drug-likeness (QED) is 0.780. The van der Waals surface area contributed by atoms with Crippen molar-refractivity contribution in [3.8, 4) is 12.1 Å². The standard InChI is InChI=1S/C10H7N5S/c1-7-13-4-8(16-7)5-15-6-14-9(2-11)10(15)3-12/h4,6H,5H2,1H3. The Balaban J connectivity index is 2.33. The summed E-state index contributed by atoms with van der Waals surface area (Å²) in [6, 6.07) is 3.88. The van der Waals surface area contributed by atoms with Crippen molar-refractivity contribution in [2.45, 2.75) is 13.5 Å². The Labute approximate surface area is 96.2 Å². The summed E-state index contributed by atoms with van der Waals surface area (Å²) in [4.78, 5) is 9.04. The molecule has 78 valence electrons. The van der Waals surface area contributed by atoms with Crippen LogP contribution < -0.4 is 0 Å². The summed E-state index contributed by atoms with van der Waals surface area (Å²) < 4.78 is 1.66. The lowest BCUT2D eigenvalue weighted by atomic mass is 10.3. The van der Waals surface area contributed by atoms with E-state index < -0.39 is 0 Å². The summed E-state index contributed by atoms with van der Waals surface area (Å²) in [5, 5.41) is 18.7. The molecule has 6 heteroatoms. The average molecular weight is 229 g/mol. The van der Waals surface area contributed by atoms with E-state index in [1.54, 1.807) is 22.1 Å². The van der Waals surface area contributed by atoms with Gasteiger partial charge in [0.25, 0.3) is 0 Å². The molecule has 0 bridgehead atoms. The predicted octanol–water partition coefficient (Wildman–Crippen LogP) is 1.44. The van der Waals surface area contributed by atoms with Crippen LogP contribution in [0.25, 0.3) is 0 Å². The lowest BCUT2D eigenvalue weighted by Crippen LogP contribution is -1.99. The van der Waals surface area contributed by atoms with Crippen LogP contribution in [0.1, 0.15) is 21.3 Å². The Bertz CT molecular complexity index is 595. The van der Waals surface area contributed by atoms with E-state index in [9.17, 15) is 0 Å². The van der Waals surface area contributed by atoms with Gasteiger partial charge in [0, 0.05) is 11.1 Å². The average Bonchev–Trinajstić information content (AvgIpc) is 2.85. The van der Waals surface area contributed by atoms with Gasteiger partial charge in [-0.15, -0.1) is 11.3 Å². The van der Waals surface area contributed by atoms with E-state index in [4.69, 9.17) is 10.5 Å². The van der Waals surface area contributed by atoms with Gasteiger partial charge in [-0.3, -0.25) is 0 Å². The minimum Gasteiger partial charge on any atom is -0.316 e. The lowest BCUT2D eigenvalue weighted by molar-refractivity contribution is 0.795. The topological polar surface area (TPSA) is 78.3 Å². The minimum absolute atomic E-state index is 0.170. The number of aromatic nitrogens is 3. The molecule has 0 aliphatic rings. The normalized spacial score (nSPS) is 9.69. The largest absolute Gasteiger partial charge is 0.316 e. The molecule has 0 aliphatic heterocycles. The number of rotatable bonds is 2. The molecule has 2 rings (SSSR count). The van der Waals surface area contributed by atoms with Crippen molar-refractivity contribution >= 4 is 11.3 Å². The van der Waals surface area contributed by atoms with Crippen LogP contribution in [0.15, 0.2) is 12.5 Å². The highest BCUT2D eigenvalue weighted by Crippen LogP contribution is 2.15. The van der Waals surface area contributed by atoms with Crippen molar-refractivity contribution in [3.05, 3.63) is 33.8 Å². The number of nitrogens with zero attached hydrogens (tertiary/aromatic N) is 5. The molecular formula is C10H7N5S. The first-order chi connectivity index (χ1) is 7.74. The Morgan fingerprint density at radius 2 is 2.19 bits per heavy atom. The second kappa shape index (κ2) is 4.13. The highest BCUT2D eigenvalue weighted by atomic mass is 32.1. The fraction of sp³-hybridized carbons (Fsp3) is 0.200. The molecule has 0 N–H and O–H groups in total. The molecule has 2 aromatic rings. The monoisotopic (exact) mass is 229 g/mol. The van der Waals surface area contributed by atoms with Gasteiger partial charge in [0.15, 0.2) is 11.4 Å². The van der Waals surface area contributed by atoms with E-state index in [0.29, 0.717) is 12.2 Å². The first-order valence-electron chi connectivity index (χ1n) is 4.51. The van der Waals surface area contributed by atoms with E-state index in [0.717, 1.165) is 9.88 Å². The molecular weight excluding hydrogens is 222 g/mol.